The van der Waals surface area contributed by atoms with Gasteiger partial charge in [-0.1, -0.05) is 49.0 Å². The molecule has 2 rings (SSSR count). The molecule has 1 aromatic carbocycles. The van der Waals surface area contributed by atoms with Crippen molar-refractivity contribution in [2.45, 2.75) is 50.7 Å². The van der Waals surface area contributed by atoms with Crippen molar-refractivity contribution < 1.29 is 4.74 Å². The minimum atomic E-state index is -0.0848. The number of hydrogen-bond donors (Lipinski definition) is 1. The lowest BCUT2D eigenvalue weighted by molar-refractivity contribution is -0.0775. The fraction of sp³-hybridized carbons (Fsp3) is 0.647. The van der Waals surface area contributed by atoms with Crippen LogP contribution in [0.15, 0.2) is 18.2 Å². The lowest BCUT2D eigenvalue weighted by Crippen LogP contribution is -2.54. The van der Waals surface area contributed by atoms with Gasteiger partial charge >= 0.3 is 0 Å². The Morgan fingerprint density at radius 3 is 2.71 bits per heavy atom. The first-order valence-electron chi connectivity index (χ1n) is 7.67. The summed E-state index contributed by atoms with van der Waals surface area (Å²) in [5.41, 5.74) is 1.11. The summed E-state index contributed by atoms with van der Waals surface area (Å²) in [6, 6.07) is 6.16. The fourth-order valence-electron chi connectivity index (χ4n) is 3.64. The SMILES string of the molecule is CNC(Cc1ccc(Cl)c(Cl)c1)C1(OC)CCCC(C)C1. The Morgan fingerprint density at radius 2 is 2.14 bits per heavy atom. The maximum Gasteiger partial charge on any atom is 0.0836 e. The van der Waals surface area contributed by atoms with Gasteiger partial charge in [0.25, 0.3) is 0 Å². The summed E-state index contributed by atoms with van der Waals surface area (Å²) < 4.78 is 6.01. The van der Waals surface area contributed by atoms with Crippen LogP contribution in [-0.2, 0) is 11.2 Å². The molecule has 2 nitrogen and oxygen atoms in total. The molecule has 21 heavy (non-hydrogen) atoms. The lowest BCUT2D eigenvalue weighted by atomic mass is 9.73. The van der Waals surface area contributed by atoms with Crippen LogP contribution in [0.25, 0.3) is 0 Å². The molecule has 1 aliphatic rings. The van der Waals surface area contributed by atoms with Crippen molar-refractivity contribution in [3.63, 3.8) is 0 Å². The number of rotatable bonds is 5. The number of halogens is 2. The van der Waals surface area contributed by atoms with Crippen molar-refractivity contribution in [1.29, 1.82) is 0 Å². The third kappa shape index (κ3) is 3.92. The molecule has 4 heteroatoms. The van der Waals surface area contributed by atoms with Gasteiger partial charge < -0.3 is 10.1 Å². The average Bonchev–Trinajstić information content (AvgIpc) is 2.48. The van der Waals surface area contributed by atoms with E-state index >= 15 is 0 Å². The maximum absolute atomic E-state index is 6.13. The fourth-order valence-corrected chi connectivity index (χ4v) is 3.96. The van der Waals surface area contributed by atoms with E-state index in [9.17, 15) is 0 Å². The zero-order valence-electron chi connectivity index (χ0n) is 13.1. The Morgan fingerprint density at radius 1 is 1.38 bits per heavy atom. The summed E-state index contributed by atoms with van der Waals surface area (Å²) in [7, 11) is 3.86. The van der Waals surface area contributed by atoms with Gasteiger partial charge in [-0.3, -0.25) is 0 Å². The van der Waals surface area contributed by atoms with Crippen molar-refractivity contribution in [2.24, 2.45) is 5.92 Å². The molecule has 118 valence electrons. The molecule has 0 aromatic heterocycles. The quantitative estimate of drug-likeness (QED) is 0.843. The standard InChI is InChI=1S/C17H25Cl2NO/c1-12-5-4-8-17(11-12,21-3)16(20-2)10-13-6-7-14(18)15(19)9-13/h6-7,9,12,16,20H,4-5,8,10-11H2,1-3H3. The van der Waals surface area contributed by atoms with Crippen LogP contribution in [0.1, 0.15) is 38.2 Å². The second-order valence-electron chi connectivity index (χ2n) is 6.26. The molecular formula is C17H25Cl2NO. The van der Waals surface area contributed by atoms with Gasteiger partial charge in [-0.25, -0.2) is 0 Å². The molecule has 3 atom stereocenters. The van der Waals surface area contributed by atoms with Crippen molar-refractivity contribution in [1.82, 2.24) is 5.32 Å². The van der Waals surface area contributed by atoms with Gasteiger partial charge in [0.1, 0.15) is 0 Å². The normalized spacial score (nSPS) is 27.6. The van der Waals surface area contributed by atoms with Crippen LogP contribution in [0.2, 0.25) is 10.0 Å². The Hall–Kier alpha value is -0.280. The summed E-state index contributed by atoms with van der Waals surface area (Å²) in [6.07, 6.45) is 5.65. The number of benzene rings is 1. The van der Waals surface area contributed by atoms with Crippen molar-refractivity contribution in [3.8, 4) is 0 Å². The van der Waals surface area contributed by atoms with Crippen LogP contribution in [0.3, 0.4) is 0 Å². The molecule has 3 unspecified atom stereocenters. The summed E-state index contributed by atoms with van der Waals surface area (Å²) in [6.45, 7) is 2.32. The first-order chi connectivity index (χ1) is 10.0. The minimum absolute atomic E-state index is 0.0848. The molecule has 0 aliphatic heterocycles. The molecule has 1 saturated carbocycles. The Bertz CT molecular complexity index is 480. The Kier molecular flexibility index (Phi) is 5.96. The van der Waals surface area contributed by atoms with E-state index < -0.39 is 0 Å². The largest absolute Gasteiger partial charge is 0.377 e. The second-order valence-corrected chi connectivity index (χ2v) is 7.08. The highest BCUT2D eigenvalue weighted by Crippen LogP contribution is 2.38. The predicted molar refractivity (Wildman–Crippen MR) is 90.4 cm³/mol. The molecule has 1 fully saturated rings. The highest BCUT2D eigenvalue weighted by molar-refractivity contribution is 6.42. The summed E-state index contributed by atoms with van der Waals surface area (Å²) in [5.74, 6) is 0.711. The predicted octanol–water partition coefficient (Wildman–Crippen LogP) is 4.72. The Labute approximate surface area is 138 Å². The molecule has 0 bridgehead atoms. The molecule has 0 amide bonds. The summed E-state index contributed by atoms with van der Waals surface area (Å²) >= 11 is 12.1. The number of methoxy groups -OCH3 is 1. The topological polar surface area (TPSA) is 21.3 Å². The zero-order chi connectivity index (χ0) is 15.5. The molecule has 0 spiro atoms. The van der Waals surface area contributed by atoms with E-state index in [0.717, 1.165) is 19.3 Å². The molecule has 1 aliphatic carbocycles. The third-order valence-corrected chi connectivity index (χ3v) is 5.54. The Balaban J connectivity index is 2.19. The second kappa shape index (κ2) is 7.32. The van der Waals surface area contributed by atoms with E-state index in [1.54, 1.807) is 0 Å². The minimum Gasteiger partial charge on any atom is -0.377 e. The molecule has 0 saturated heterocycles. The van der Waals surface area contributed by atoms with E-state index in [1.165, 1.54) is 18.4 Å². The van der Waals surface area contributed by atoms with Gasteiger partial charge in [-0.15, -0.1) is 0 Å². The van der Waals surface area contributed by atoms with Crippen molar-refractivity contribution in [2.75, 3.05) is 14.2 Å². The van der Waals surface area contributed by atoms with Gasteiger partial charge in [0, 0.05) is 13.2 Å². The lowest BCUT2D eigenvalue weighted by Gasteiger charge is -2.44. The van der Waals surface area contributed by atoms with E-state index in [0.29, 0.717) is 16.0 Å². The summed E-state index contributed by atoms with van der Waals surface area (Å²) in [5, 5.41) is 4.69. The van der Waals surface area contributed by atoms with Gasteiger partial charge in [0.05, 0.1) is 15.6 Å². The highest BCUT2D eigenvalue weighted by atomic mass is 35.5. The first kappa shape index (κ1) is 17.1. The average molecular weight is 330 g/mol. The van der Waals surface area contributed by atoms with Gasteiger partial charge in [-0.05, 0) is 49.9 Å². The molecule has 1 aromatic rings. The van der Waals surface area contributed by atoms with Crippen LogP contribution < -0.4 is 5.32 Å². The molecular weight excluding hydrogens is 305 g/mol. The smallest absolute Gasteiger partial charge is 0.0836 e. The van der Waals surface area contributed by atoms with E-state index in [4.69, 9.17) is 27.9 Å². The zero-order valence-corrected chi connectivity index (χ0v) is 14.6. The van der Waals surface area contributed by atoms with E-state index in [-0.39, 0.29) is 11.6 Å². The van der Waals surface area contributed by atoms with Crippen LogP contribution in [-0.4, -0.2) is 25.8 Å². The number of likely N-dealkylation sites (N-methyl/N-ethyl adjacent to an activating group) is 1. The number of hydrogen-bond acceptors (Lipinski definition) is 2. The third-order valence-electron chi connectivity index (χ3n) is 4.80. The molecule has 0 radical (unpaired) electrons. The van der Waals surface area contributed by atoms with Gasteiger partial charge in [-0.2, -0.15) is 0 Å². The highest BCUT2D eigenvalue weighted by Gasteiger charge is 2.41. The van der Waals surface area contributed by atoms with E-state index in [1.807, 2.05) is 32.4 Å². The maximum atomic E-state index is 6.13. The van der Waals surface area contributed by atoms with Crippen LogP contribution in [0.4, 0.5) is 0 Å². The van der Waals surface area contributed by atoms with Crippen LogP contribution >= 0.6 is 23.2 Å². The van der Waals surface area contributed by atoms with Crippen molar-refractivity contribution >= 4 is 23.2 Å². The van der Waals surface area contributed by atoms with E-state index in [2.05, 4.69) is 12.2 Å². The summed E-state index contributed by atoms with van der Waals surface area (Å²) in [4.78, 5) is 0. The van der Waals surface area contributed by atoms with Crippen LogP contribution in [0, 0.1) is 5.92 Å². The number of nitrogens with one attached hydrogen (secondary N) is 1. The van der Waals surface area contributed by atoms with Crippen molar-refractivity contribution in [3.05, 3.63) is 33.8 Å². The number of ether oxygens (including phenoxy) is 1. The monoisotopic (exact) mass is 329 g/mol. The molecule has 1 N–H and O–H groups in total. The van der Waals surface area contributed by atoms with Crippen LogP contribution in [0.5, 0.6) is 0 Å². The van der Waals surface area contributed by atoms with Gasteiger partial charge in [0.15, 0.2) is 0 Å². The van der Waals surface area contributed by atoms with Gasteiger partial charge in [0.2, 0.25) is 0 Å². The first-order valence-corrected chi connectivity index (χ1v) is 8.42. The molecule has 0 heterocycles.